The summed E-state index contributed by atoms with van der Waals surface area (Å²) in [7, 11) is 1.32. The van der Waals surface area contributed by atoms with Crippen molar-refractivity contribution >= 4 is 12.0 Å². The van der Waals surface area contributed by atoms with Crippen LogP contribution in [-0.2, 0) is 4.74 Å². The molecule has 1 aromatic heterocycles. The van der Waals surface area contributed by atoms with E-state index in [-0.39, 0.29) is 11.9 Å². The molecule has 2 heterocycles. The van der Waals surface area contributed by atoms with Gasteiger partial charge >= 0.3 is 6.09 Å². The molecule has 2 amide bonds. The fourth-order valence-corrected chi connectivity index (χ4v) is 2.31. The second-order valence-electron chi connectivity index (χ2n) is 4.68. The number of nitrogens with zero attached hydrogens (tertiary/aromatic N) is 2. The van der Waals surface area contributed by atoms with E-state index in [0.29, 0.717) is 24.3 Å². The Morgan fingerprint density at radius 1 is 1.47 bits per heavy atom. The number of H-pyrrole nitrogens is 1. The lowest BCUT2D eigenvalue weighted by atomic mass is 10.2. The van der Waals surface area contributed by atoms with Crippen LogP contribution in [0, 0.1) is 13.8 Å². The number of carbonyl (C=O) groups is 2. The van der Waals surface area contributed by atoms with Gasteiger partial charge in [0, 0.05) is 18.8 Å². The minimum atomic E-state index is -0.463. The second kappa shape index (κ2) is 5.29. The van der Waals surface area contributed by atoms with E-state index in [4.69, 9.17) is 0 Å². The number of methoxy groups -OCH3 is 1. The van der Waals surface area contributed by atoms with Gasteiger partial charge in [0.05, 0.1) is 24.4 Å². The van der Waals surface area contributed by atoms with E-state index in [9.17, 15) is 9.59 Å². The molecule has 1 unspecified atom stereocenters. The lowest BCUT2D eigenvalue weighted by molar-refractivity contribution is 0.0786. The zero-order valence-corrected chi connectivity index (χ0v) is 11.3. The number of rotatable bonds is 2. The maximum Gasteiger partial charge on any atom is 0.407 e. The van der Waals surface area contributed by atoms with Crippen molar-refractivity contribution in [1.29, 1.82) is 0 Å². The quantitative estimate of drug-likeness (QED) is 0.820. The molecule has 1 atom stereocenters. The number of hydrogen-bond acceptors (Lipinski definition) is 4. The predicted octanol–water partition coefficient (Wildman–Crippen LogP) is 0.597. The molecule has 0 spiro atoms. The van der Waals surface area contributed by atoms with Gasteiger partial charge in [-0.1, -0.05) is 0 Å². The average Bonchev–Trinajstić information content (AvgIpc) is 2.96. The number of likely N-dealkylation sites (tertiary alicyclic amines) is 1. The number of alkyl carbamates (subject to hydrolysis) is 1. The first-order chi connectivity index (χ1) is 9.02. The topological polar surface area (TPSA) is 87.3 Å². The fraction of sp³-hybridized carbons (Fsp3) is 0.583. The summed E-state index contributed by atoms with van der Waals surface area (Å²) in [6.45, 7) is 4.75. The molecule has 0 radical (unpaired) electrons. The normalized spacial score (nSPS) is 18.5. The van der Waals surface area contributed by atoms with Gasteiger partial charge in [-0.15, -0.1) is 0 Å². The molecule has 1 aliphatic heterocycles. The summed E-state index contributed by atoms with van der Waals surface area (Å²) >= 11 is 0. The third-order valence-electron chi connectivity index (χ3n) is 3.32. The highest BCUT2D eigenvalue weighted by Crippen LogP contribution is 2.17. The lowest BCUT2D eigenvalue weighted by Crippen LogP contribution is -2.38. The summed E-state index contributed by atoms with van der Waals surface area (Å²) in [5, 5.41) is 9.54. The predicted molar refractivity (Wildman–Crippen MR) is 67.9 cm³/mol. The summed E-state index contributed by atoms with van der Waals surface area (Å²) < 4.78 is 4.55. The molecular weight excluding hydrogens is 248 g/mol. The number of aromatic nitrogens is 2. The van der Waals surface area contributed by atoms with Gasteiger partial charge in [0.1, 0.15) is 0 Å². The fourth-order valence-electron chi connectivity index (χ4n) is 2.31. The molecule has 104 valence electrons. The van der Waals surface area contributed by atoms with E-state index >= 15 is 0 Å². The van der Waals surface area contributed by atoms with Crippen molar-refractivity contribution in [2.75, 3.05) is 20.2 Å². The van der Waals surface area contributed by atoms with Crippen LogP contribution in [0.2, 0.25) is 0 Å². The highest BCUT2D eigenvalue weighted by molar-refractivity contribution is 5.96. The summed E-state index contributed by atoms with van der Waals surface area (Å²) in [6.07, 6.45) is 0.270. The molecule has 1 aliphatic rings. The molecule has 0 bridgehead atoms. The maximum absolute atomic E-state index is 12.4. The number of aryl methyl sites for hydroxylation is 2. The van der Waals surface area contributed by atoms with E-state index in [2.05, 4.69) is 20.3 Å². The maximum atomic E-state index is 12.4. The van der Waals surface area contributed by atoms with Gasteiger partial charge in [-0.2, -0.15) is 5.10 Å². The van der Waals surface area contributed by atoms with Gasteiger partial charge in [-0.3, -0.25) is 9.89 Å². The van der Waals surface area contributed by atoms with Gasteiger partial charge in [0.25, 0.3) is 5.91 Å². The van der Waals surface area contributed by atoms with Crippen LogP contribution in [0.4, 0.5) is 4.79 Å². The van der Waals surface area contributed by atoms with Crippen LogP contribution in [0.5, 0.6) is 0 Å². The van der Waals surface area contributed by atoms with Crippen LogP contribution >= 0.6 is 0 Å². The van der Waals surface area contributed by atoms with E-state index in [1.807, 2.05) is 6.92 Å². The number of amides is 2. The van der Waals surface area contributed by atoms with Crippen molar-refractivity contribution in [3.63, 3.8) is 0 Å². The third kappa shape index (κ3) is 2.69. The Morgan fingerprint density at radius 2 is 2.21 bits per heavy atom. The van der Waals surface area contributed by atoms with Gasteiger partial charge in [-0.05, 0) is 20.3 Å². The van der Waals surface area contributed by atoms with Crippen molar-refractivity contribution < 1.29 is 14.3 Å². The van der Waals surface area contributed by atoms with Crippen molar-refractivity contribution in [3.8, 4) is 0 Å². The van der Waals surface area contributed by atoms with Crippen molar-refractivity contribution in [1.82, 2.24) is 20.4 Å². The molecule has 0 saturated carbocycles. The van der Waals surface area contributed by atoms with Crippen LogP contribution in [0.3, 0.4) is 0 Å². The van der Waals surface area contributed by atoms with Crippen LogP contribution in [0.1, 0.15) is 28.2 Å². The summed E-state index contributed by atoms with van der Waals surface area (Å²) in [6, 6.07) is -0.0519. The molecule has 2 rings (SSSR count). The number of hydrogen-bond donors (Lipinski definition) is 2. The van der Waals surface area contributed by atoms with Crippen LogP contribution < -0.4 is 5.32 Å². The van der Waals surface area contributed by atoms with Crippen LogP contribution in [0.25, 0.3) is 0 Å². The first kappa shape index (κ1) is 13.4. The molecule has 1 saturated heterocycles. The zero-order chi connectivity index (χ0) is 14.0. The Bertz CT molecular complexity index is 478. The molecule has 7 heteroatoms. The zero-order valence-electron chi connectivity index (χ0n) is 11.3. The summed E-state index contributed by atoms with van der Waals surface area (Å²) in [4.78, 5) is 25.2. The number of nitrogens with one attached hydrogen (secondary N) is 2. The second-order valence-corrected chi connectivity index (χ2v) is 4.68. The first-order valence-electron chi connectivity index (χ1n) is 6.18. The number of aromatic amines is 1. The van der Waals surface area contributed by atoms with Crippen LogP contribution in [0.15, 0.2) is 0 Å². The summed E-state index contributed by atoms with van der Waals surface area (Å²) in [5.74, 6) is -0.0436. The Hall–Kier alpha value is -2.05. The average molecular weight is 266 g/mol. The van der Waals surface area contributed by atoms with Gasteiger partial charge in [-0.25, -0.2) is 4.79 Å². The number of ether oxygens (including phenoxy) is 1. The minimum Gasteiger partial charge on any atom is -0.453 e. The first-order valence-corrected chi connectivity index (χ1v) is 6.18. The Morgan fingerprint density at radius 3 is 2.79 bits per heavy atom. The molecule has 0 aromatic carbocycles. The molecule has 0 aliphatic carbocycles. The van der Waals surface area contributed by atoms with E-state index in [1.165, 1.54) is 7.11 Å². The molecule has 7 nitrogen and oxygen atoms in total. The highest BCUT2D eigenvalue weighted by atomic mass is 16.5. The van der Waals surface area contributed by atoms with Gasteiger partial charge in [0.15, 0.2) is 0 Å². The Labute approximate surface area is 111 Å². The molecule has 2 N–H and O–H groups in total. The van der Waals surface area contributed by atoms with Crippen molar-refractivity contribution in [2.45, 2.75) is 26.3 Å². The standard InChI is InChI=1S/C12H18N4O3/c1-7-10(8(2)15-14-7)11(17)16-5-4-9(6-16)13-12(18)19-3/h9H,4-6H2,1-3H3,(H,13,18)(H,14,15). The molecule has 19 heavy (non-hydrogen) atoms. The van der Waals surface area contributed by atoms with E-state index < -0.39 is 6.09 Å². The van der Waals surface area contributed by atoms with Crippen LogP contribution in [-0.4, -0.2) is 53.3 Å². The SMILES string of the molecule is COC(=O)NC1CCN(C(=O)c2c(C)n[nH]c2C)C1. The van der Waals surface area contributed by atoms with Crippen molar-refractivity contribution in [2.24, 2.45) is 0 Å². The van der Waals surface area contributed by atoms with E-state index in [1.54, 1.807) is 11.8 Å². The monoisotopic (exact) mass is 266 g/mol. The third-order valence-corrected chi connectivity index (χ3v) is 3.32. The summed E-state index contributed by atoms with van der Waals surface area (Å²) in [5.41, 5.74) is 2.09. The Kier molecular flexibility index (Phi) is 3.73. The van der Waals surface area contributed by atoms with Gasteiger partial charge in [0.2, 0.25) is 0 Å². The lowest BCUT2D eigenvalue weighted by Gasteiger charge is -2.17. The largest absolute Gasteiger partial charge is 0.453 e. The molecular formula is C12H18N4O3. The van der Waals surface area contributed by atoms with E-state index in [0.717, 1.165) is 12.1 Å². The minimum absolute atomic E-state index is 0.0436. The smallest absolute Gasteiger partial charge is 0.407 e. The van der Waals surface area contributed by atoms with Crippen molar-refractivity contribution in [3.05, 3.63) is 17.0 Å². The molecule has 1 fully saturated rings. The number of carbonyl (C=O) groups excluding carboxylic acids is 2. The Balaban J connectivity index is 2.01. The van der Waals surface area contributed by atoms with Gasteiger partial charge < -0.3 is 15.0 Å². The molecule has 1 aromatic rings. The highest BCUT2D eigenvalue weighted by Gasteiger charge is 2.30.